The van der Waals surface area contributed by atoms with Crippen LogP contribution in [0.1, 0.15) is 53.5 Å². The molecule has 45 heavy (non-hydrogen) atoms. The molecule has 0 saturated carbocycles. The Hall–Kier alpha value is -4.17. The van der Waals surface area contributed by atoms with Gasteiger partial charge in [-0.05, 0) is 59.9 Å². The lowest BCUT2D eigenvalue weighted by Crippen LogP contribution is -2.36. The third kappa shape index (κ3) is 7.92. The molecule has 3 heterocycles. The van der Waals surface area contributed by atoms with E-state index in [2.05, 4.69) is 30.9 Å². The Labute approximate surface area is 264 Å². The third-order valence-electron chi connectivity index (χ3n) is 7.63. The van der Waals surface area contributed by atoms with Crippen LogP contribution in [0.15, 0.2) is 54.9 Å². The molecule has 2 aromatic carbocycles. The summed E-state index contributed by atoms with van der Waals surface area (Å²) in [6.07, 6.45) is 4.84. The van der Waals surface area contributed by atoms with Crippen molar-refractivity contribution < 1.29 is 22.7 Å². The van der Waals surface area contributed by atoms with Gasteiger partial charge in [-0.25, -0.2) is 8.42 Å². The molecule has 3 aromatic rings. The molecule has 1 saturated heterocycles. The van der Waals surface area contributed by atoms with Crippen LogP contribution in [-0.4, -0.2) is 63.9 Å². The van der Waals surface area contributed by atoms with Gasteiger partial charge < -0.3 is 20.2 Å². The molecular weight excluding hydrogens is 594 g/mol. The van der Waals surface area contributed by atoms with Crippen LogP contribution in [0.5, 0.6) is 5.75 Å². The molecule has 5 rings (SSSR count). The number of carbonyl (C=O) groups excluding carboxylic acids is 1. The number of nitrogens with zero attached hydrogens (tertiary/aromatic N) is 3. The average molecular weight is 636 g/mol. The van der Waals surface area contributed by atoms with Crippen molar-refractivity contribution in [2.45, 2.75) is 39.7 Å². The highest BCUT2D eigenvalue weighted by Gasteiger charge is 2.24. The van der Waals surface area contributed by atoms with Crippen LogP contribution < -0.4 is 30.7 Å². The highest BCUT2D eigenvalue weighted by molar-refractivity contribution is 7.92. The number of methoxy groups -OCH3 is 1. The summed E-state index contributed by atoms with van der Waals surface area (Å²) in [5.41, 5.74) is 12.4. The van der Waals surface area contributed by atoms with Crippen LogP contribution in [-0.2, 0) is 26.7 Å². The topological polar surface area (TPSA) is 137 Å². The van der Waals surface area contributed by atoms with Gasteiger partial charge in [0, 0.05) is 43.2 Å². The molecule has 0 radical (unpaired) electrons. The Morgan fingerprint density at radius 2 is 1.82 bits per heavy atom. The van der Waals surface area contributed by atoms with E-state index >= 15 is 0 Å². The molecule has 0 spiro atoms. The second kappa shape index (κ2) is 13.1. The summed E-state index contributed by atoms with van der Waals surface area (Å²) in [4.78, 5) is 20.6. The minimum absolute atomic E-state index is 0.219. The molecule has 0 bridgehead atoms. The number of ether oxygens (including phenoxy) is 2. The maximum atomic E-state index is 13.6. The number of pyridine rings is 1. The van der Waals surface area contributed by atoms with E-state index in [0.29, 0.717) is 11.3 Å². The molecule has 1 aromatic heterocycles. The second-order valence-electron chi connectivity index (χ2n) is 12.3. The third-order valence-corrected chi connectivity index (χ3v) is 8.22. The van der Waals surface area contributed by atoms with E-state index in [1.165, 1.54) is 7.11 Å². The van der Waals surface area contributed by atoms with Crippen molar-refractivity contribution in [3.63, 3.8) is 0 Å². The quantitative estimate of drug-likeness (QED) is 0.273. The Kier molecular flexibility index (Phi) is 9.35. The van der Waals surface area contributed by atoms with Crippen molar-refractivity contribution in [2.75, 3.05) is 54.7 Å². The van der Waals surface area contributed by atoms with Gasteiger partial charge in [-0.15, -0.1) is 5.53 Å². The van der Waals surface area contributed by atoms with Gasteiger partial charge in [0.05, 0.1) is 55.0 Å². The first kappa shape index (κ1) is 32.2. The van der Waals surface area contributed by atoms with Crippen LogP contribution in [0.25, 0.3) is 5.70 Å². The van der Waals surface area contributed by atoms with E-state index in [-0.39, 0.29) is 22.8 Å². The van der Waals surface area contributed by atoms with E-state index in [9.17, 15) is 13.2 Å². The molecule has 1 fully saturated rings. The lowest BCUT2D eigenvalue weighted by atomic mass is 9.86. The van der Waals surface area contributed by atoms with Crippen molar-refractivity contribution in [3.8, 4) is 5.75 Å². The minimum atomic E-state index is -3.60. The van der Waals surface area contributed by atoms with Gasteiger partial charge in [-0.3, -0.25) is 24.4 Å². The second-order valence-corrected chi connectivity index (χ2v) is 14.0. The van der Waals surface area contributed by atoms with Gasteiger partial charge in [0.25, 0.3) is 5.91 Å². The van der Waals surface area contributed by atoms with Crippen molar-refractivity contribution >= 4 is 38.7 Å². The number of amides is 1. The number of benzene rings is 2. The summed E-state index contributed by atoms with van der Waals surface area (Å²) in [6, 6.07) is 13.0. The van der Waals surface area contributed by atoms with Crippen LogP contribution in [0.2, 0.25) is 0 Å². The molecule has 2 aliphatic heterocycles. The van der Waals surface area contributed by atoms with Crippen LogP contribution >= 0.6 is 0 Å². The van der Waals surface area contributed by atoms with E-state index in [4.69, 9.17) is 9.47 Å². The van der Waals surface area contributed by atoms with Gasteiger partial charge in [0.1, 0.15) is 0 Å². The average Bonchev–Trinajstić information content (AvgIpc) is 3.47. The number of rotatable bonds is 9. The van der Waals surface area contributed by atoms with E-state index in [1.54, 1.807) is 24.3 Å². The largest absolute Gasteiger partial charge is 0.492 e. The normalized spacial score (nSPS) is 15.8. The summed E-state index contributed by atoms with van der Waals surface area (Å²) in [5.74, 6) is -0.154. The van der Waals surface area contributed by atoms with Crippen LogP contribution in [0.3, 0.4) is 0 Å². The molecule has 0 atom stereocenters. The molecule has 240 valence electrons. The number of hydrogen-bond acceptors (Lipinski definition) is 10. The number of hydrazine groups is 2. The summed E-state index contributed by atoms with van der Waals surface area (Å²) < 4.78 is 37.7. The molecule has 4 N–H and O–H groups in total. The molecule has 0 aliphatic carbocycles. The van der Waals surface area contributed by atoms with Gasteiger partial charge >= 0.3 is 0 Å². The Balaban J connectivity index is 1.36. The van der Waals surface area contributed by atoms with Crippen molar-refractivity contribution in [3.05, 3.63) is 82.8 Å². The van der Waals surface area contributed by atoms with Gasteiger partial charge in [-0.2, -0.15) is 0 Å². The van der Waals surface area contributed by atoms with Crippen molar-refractivity contribution in [1.82, 2.24) is 20.8 Å². The first-order chi connectivity index (χ1) is 21.3. The number of sulfonamides is 1. The molecule has 0 unspecified atom stereocenters. The van der Waals surface area contributed by atoms with Gasteiger partial charge in [-0.1, -0.05) is 26.8 Å². The number of aryl methyl sites for hydroxylation is 1. The minimum Gasteiger partial charge on any atom is -0.492 e. The zero-order valence-electron chi connectivity index (χ0n) is 26.5. The lowest BCUT2D eigenvalue weighted by Gasteiger charge is -2.26. The number of nitrogens with one attached hydrogen (secondary N) is 4. The van der Waals surface area contributed by atoms with Gasteiger partial charge in [0.15, 0.2) is 5.75 Å². The first-order valence-corrected chi connectivity index (χ1v) is 16.6. The highest BCUT2D eigenvalue weighted by atomic mass is 32.2. The maximum absolute atomic E-state index is 13.6. The Bertz CT molecular complexity index is 1700. The lowest BCUT2D eigenvalue weighted by molar-refractivity contribution is 0.0336. The fraction of sp³-hybridized carbons (Fsp3) is 0.375. The molecule has 13 heteroatoms. The number of morpholine rings is 1. The predicted octanol–water partition coefficient (Wildman–Crippen LogP) is 3.98. The number of aromatic nitrogens is 1. The summed E-state index contributed by atoms with van der Waals surface area (Å²) >= 11 is 0. The summed E-state index contributed by atoms with van der Waals surface area (Å²) in [5, 5.41) is 4.75. The monoisotopic (exact) mass is 635 g/mol. The van der Waals surface area contributed by atoms with E-state index < -0.39 is 10.0 Å². The summed E-state index contributed by atoms with van der Waals surface area (Å²) in [7, 11) is -2.17. The molecular formula is C32H41N7O5S. The maximum Gasteiger partial charge on any atom is 0.255 e. The van der Waals surface area contributed by atoms with E-state index in [0.717, 1.165) is 72.9 Å². The standard InChI is InChI=1S/C32H41N7O5S/c1-21-7-8-22(31(40)34-26-16-24(32(2,3)4)17-27(30(26)43-5)36-45(6,41)42)15-29(21)39-20-28(35-37-39)23-9-10-25(33-18-23)19-38-11-13-44-14-12-38/h7-10,15-18,20,35-37H,11-14,19H2,1-6H3,(H,34,40). The zero-order valence-corrected chi connectivity index (χ0v) is 27.3. The number of carbonyl (C=O) groups is 1. The number of hydrogen-bond donors (Lipinski definition) is 4. The van der Waals surface area contributed by atoms with Crippen molar-refractivity contribution in [2.24, 2.45) is 0 Å². The molecule has 1 amide bonds. The Morgan fingerprint density at radius 1 is 1.09 bits per heavy atom. The van der Waals surface area contributed by atoms with E-state index in [1.807, 2.05) is 63.3 Å². The fourth-order valence-electron chi connectivity index (χ4n) is 5.11. The predicted molar refractivity (Wildman–Crippen MR) is 176 cm³/mol. The molecule has 2 aliphatic rings. The van der Waals surface area contributed by atoms with Crippen LogP contribution in [0, 0.1) is 6.92 Å². The zero-order chi connectivity index (χ0) is 32.4. The van der Waals surface area contributed by atoms with Crippen LogP contribution in [0.4, 0.5) is 17.1 Å². The first-order valence-electron chi connectivity index (χ1n) is 14.7. The summed E-state index contributed by atoms with van der Waals surface area (Å²) in [6.45, 7) is 12.1. The highest BCUT2D eigenvalue weighted by Crippen LogP contribution is 2.39. The van der Waals surface area contributed by atoms with Crippen molar-refractivity contribution in [1.29, 1.82) is 0 Å². The van der Waals surface area contributed by atoms with Gasteiger partial charge in [0.2, 0.25) is 10.0 Å². The Morgan fingerprint density at radius 3 is 2.47 bits per heavy atom. The number of anilines is 3. The fourth-order valence-corrected chi connectivity index (χ4v) is 5.66. The smallest absolute Gasteiger partial charge is 0.255 e. The molecule has 12 nitrogen and oxygen atoms in total. The SMILES string of the molecule is COc1c(NC(=O)c2ccc(C)c(N3C=C(c4ccc(CN5CCOCC5)nc4)NN3)c2)cc(C(C)(C)C)cc1NS(C)(=O)=O.